The number of fused-ring (bicyclic) bond motifs is 1. The third-order valence-corrected chi connectivity index (χ3v) is 5.12. The topological polar surface area (TPSA) is 66.0 Å². The molecule has 1 aliphatic rings. The molecule has 0 bridgehead atoms. The summed E-state index contributed by atoms with van der Waals surface area (Å²) in [6, 6.07) is 16.5. The zero-order valence-corrected chi connectivity index (χ0v) is 17.4. The van der Waals surface area contributed by atoms with Crippen molar-refractivity contribution < 1.29 is 9.53 Å². The van der Waals surface area contributed by atoms with Gasteiger partial charge in [0.2, 0.25) is 0 Å². The molecule has 6 nitrogen and oxygen atoms in total. The molecule has 6 heteroatoms. The lowest BCUT2D eigenvalue weighted by molar-refractivity contribution is -0.121. The quantitative estimate of drug-likeness (QED) is 0.430. The van der Waals surface area contributed by atoms with Crippen molar-refractivity contribution in [2.75, 3.05) is 31.6 Å². The number of benzene rings is 2. The number of amides is 1. The predicted molar refractivity (Wildman–Crippen MR) is 118 cm³/mol. The molecule has 2 N–H and O–H groups in total. The highest BCUT2D eigenvalue weighted by Crippen LogP contribution is 2.31. The molecule has 0 fully saturated rings. The molecule has 2 aromatic carbocycles. The Hall–Kier alpha value is -3.02. The van der Waals surface area contributed by atoms with Crippen molar-refractivity contribution in [2.24, 2.45) is 4.99 Å². The van der Waals surface area contributed by atoms with Gasteiger partial charge < -0.3 is 20.3 Å². The van der Waals surface area contributed by atoms with Gasteiger partial charge in [-0.25, -0.2) is 0 Å². The van der Waals surface area contributed by atoms with Crippen LogP contribution in [0.1, 0.15) is 37.4 Å². The normalized spacial score (nSPS) is 14.8. The summed E-state index contributed by atoms with van der Waals surface area (Å²) in [6.45, 7) is 5.73. The Morgan fingerprint density at radius 1 is 1.21 bits per heavy atom. The van der Waals surface area contributed by atoms with Gasteiger partial charge in [-0.3, -0.25) is 9.79 Å². The molecule has 0 saturated carbocycles. The molecule has 0 saturated heterocycles. The van der Waals surface area contributed by atoms with E-state index in [1.165, 1.54) is 11.1 Å². The number of carbonyl (C=O) groups excluding carboxylic acids is 1. The number of guanidine groups is 1. The number of aliphatic imine (C=N–C) groups is 1. The highest BCUT2D eigenvalue weighted by atomic mass is 16.5. The lowest BCUT2D eigenvalue weighted by Gasteiger charge is -2.29. The summed E-state index contributed by atoms with van der Waals surface area (Å²) >= 11 is 0. The molecular weight excluding hydrogens is 364 g/mol. The van der Waals surface area contributed by atoms with Crippen LogP contribution in [0.4, 0.5) is 5.69 Å². The number of hydrogen-bond acceptors (Lipinski definition) is 3. The van der Waals surface area contributed by atoms with E-state index in [9.17, 15) is 4.79 Å². The molecule has 29 heavy (non-hydrogen) atoms. The standard InChI is InChI=1S/C23H30N4O2/c1-4-18-10-12-19(13-11-18)17(2)26-23(24-3)25-14-7-15-27-20-8-5-6-9-21(20)29-16-22(27)28/h5-6,8-13,17H,4,7,14-16H2,1-3H3,(H2,24,25,26). The smallest absolute Gasteiger partial charge is 0.265 e. The maximum Gasteiger partial charge on any atom is 0.265 e. The van der Waals surface area contributed by atoms with Crippen LogP contribution in [0.2, 0.25) is 0 Å². The average Bonchev–Trinajstić information content (AvgIpc) is 2.76. The minimum Gasteiger partial charge on any atom is -0.482 e. The van der Waals surface area contributed by atoms with Crippen LogP contribution >= 0.6 is 0 Å². The fourth-order valence-electron chi connectivity index (χ4n) is 3.37. The zero-order chi connectivity index (χ0) is 20.6. The van der Waals surface area contributed by atoms with E-state index in [4.69, 9.17) is 4.74 Å². The van der Waals surface area contributed by atoms with Gasteiger partial charge in [0.25, 0.3) is 5.91 Å². The minimum atomic E-state index is -0.00430. The summed E-state index contributed by atoms with van der Waals surface area (Å²) in [6.07, 6.45) is 1.85. The van der Waals surface area contributed by atoms with E-state index in [0.29, 0.717) is 13.1 Å². The van der Waals surface area contributed by atoms with E-state index in [0.717, 1.165) is 30.2 Å². The summed E-state index contributed by atoms with van der Waals surface area (Å²) in [5.74, 6) is 1.52. The second kappa shape index (κ2) is 9.96. The molecular formula is C23H30N4O2. The van der Waals surface area contributed by atoms with Gasteiger partial charge in [0.05, 0.1) is 11.7 Å². The Kier molecular flexibility index (Phi) is 7.11. The first-order valence-corrected chi connectivity index (χ1v) is 10.2. The number of rotatable bonds is 7. The van der Waals surface area contributed by atoms with Crippen LogP contribution in [-0.4, -0.2) is 38.6 Å². The third kappa shape index (κ3) is 5.28. The Morgan fingerprint density at radius 2 is 1.97 bits per heavy atom. The summed E-state index contributed by atoms with van der Waals surface area (Å²) < 4.78 is 5.49. The molecule has 0 spiro atoms. The van der Waals surface area contributed by atoms with Crippen molar-refractivity contribution in [1.29, 1.82) is 0 Å². The van der Waals surface area contributed by atoms with Gasteiger partial charge in [-0.2, -0.15) is 0 Å². The van der Waals surface area contributed by atoms with E-state index >= 15 is 0 Å². The Bertz CT molecular complexity index is 848. The second-order valence-electron chi connectivity index (χ2n) is 7.12. The van der Waals surface area contributed by atoms with Crippen LogP contribution < -0.4 is 20.3 Å². The maximum absolute atomic E-state index is 12.2. The summed E-state index contributed by atoms with van der Waals surface area (Å²) in [7, 11) is 1.77. The van der Waals surface area contributed by atoms with Crippen LogP contribution in [0.3, 0.4) is 0 Å². The molecule has 1 unspecified atom stereocenters. The summed E-state index contributed by atoms with van der Waals surface area (Å²) in [4.78, 5) is 18.4. The Labute approximate surface area is 173 Å². The fourth-order valence-corrected chi connectivity index (χ4v) is 3.37. The number of aryl methyl sites for hydroxylation is 1. The van der Waals surface area contributed by atoms with Gasteiger partial charge in [-0.1, -0.05) is 43.3 Å². The highest BCUT2D eigenvalue weighted by molar-refractivity contribution is 5.97. The van der Waals surface area contributed by atoms with Crippen molar-refractivity contribution in [2.45, 2.75) is 32.7 Å². The number of anilines is 1. The first-order chi connectivity index (χ1) is 14.1. The largest absolute Gasteiger partial charge is 0.482 e. The molecule has 3 rings (SSSR count). The number of para-hydroxylation sites is 2. The van der Waals surface area contributed by atoms with Gasteiger partial charge in [0, 0.05) is 20.1 Å². The van der Waals surface area contributed by atoms with E-state index in [1.54, 1.807) is 11.9 Å². The molecule has 0 radical (unpaired) electrons. The van der Waals surface area contributed by atoms with E-state index in [1.807, 2.05) is 24.3 Å². The maximum atomic E-state index is 12.2. The van der Waals surface area contributed by atoms with E-state index in [2.05, 4.69) is 53.7 Å². The summed E-state index contributed by atoms with van der Waals surface area (Å²) in [5.41, 5.74) is 3.40. The first-order valence-electron chi connectivity index (χ1n) is 10.2. The van der Waals surface area contributed by atoms with Gasteiger partial charge >= 0.3 is 0 Å². The highest BCUT2D eigenvalue weighted by Gasteiger charge is 2.24. The molecule has 1 atom stereocenters. The SMILES string of the molecule is CCc1ccc(C(C)NC(=NC)NCCCN2C(=O)COc3ccccc32)cc1. The number of nitrogens with zero attached hydrogens (tertiary/aromatic N) is 2. The van der Waals surface area contributed by atoms with Crippen LogP contribution in [0, 0.1) is 0 Å². The van der Waals surface area contributed by atoms with Gasteiger partial charge in [0.15, 0.2) is 12.6 Å². The third-order valence-electron chi connectivity index (χ3n) is 5.12. The number of nitrogens with one attached hydrogen (secondary N) is 2. The Morgan fingerprint density at radius 3 is 2.69 bits per heavy atom. The monoisotopic (exact) mass is 394 g/mol. The van der Waals surface area contributed by atoms with Crippen molar-refractivity contribution >= 4 is 17.6 Å². The molecule has 1 aliphatic heterocycles. The molecule has 154 valence electrons. The summed E-state index contributed by atoms with van der Waals surface area (Å²) in [5, 5.41) is 6.76. The van der Waals surface area contributed by atoms with Crippen LogP contribution in [-0.2, 0) is 11.2 Å². The van der Waals surface area contributed by atoms with Crippen LogP contribution in [0.5, 0.6) is 5.75 Å². The molecule has 0 aliphatic carbocycles. The molecule has 1 amide bonds. The second-order valence-corrected chi connectivity index (χ2v) is 7.12. The van der Waals surface area contributed by atoms with E-state index < -0.39 is 0 Å². The number of hydrogen-bond donors (Lipinski definition) is 2. The molecule has 2 aromatic rings. The molecule has 0 aromatic heterocycles. The van der Waals surface area contributed by atoms with E-state index in [-0.39, 0.29) is 18.6 Å². The minimum absolute atomic E-state index is 0.00430. The van der Waals surface area contributed by atoms with Crippen molar-refractivity contribution in [1.82, 2.24) is 10.6 Å². The molecule has 1 heterocycles. The van der Waals surface area contributed by atoms with Crippen LogP contribution in [0.15, 0.2) is 53.5 Å². The lowest BCUT2D eigenvalue weighted by Crippen LogP contribution is -2.42. The average molecular weight is 395 g/mol. The predicted octanol–water partition coefficient (Wildman–Crippen LogP) is 3.29. The zero-order valence-electron chi connectivity index (χ0n) is 17.4. The van der Waals surface area contributed by atoms with Crippen molar-refractivity contribution in [3.05, 3.63) is 59.7 Å². The van der Waals surface area contributed by atoms with Gasteiger partial charge in [-0.15, -0.1) is 0 Å². The van der Waals surface area contributed by atoms with Crippen molar-refractivity contribution in [3.8, 4) is 5.75 Å². The van der Waals surface area contributed by atoms with Crippen LogP contribution in [0.25, 0.3) is 0 Å². The van der Waals surface area contributed by atoms with Gasteiger partial charge in [0.1, 0.15) is 5.75 Å². The van der Waals surface area contributed by atoms with Crippen molar-refractivity contribution in [3.63, 3.8) is 0 Å². The number of carbonyl (C=O) groups is 1. The number of ether oxygens (including phenoxy) is 1. The first kappa shape index (κ1) is 20.7. The fraction of sp³-hybridized carbons (Fsp3) is 0.391. The lowest BCUT2D eigenvalue weighted by atomic mass is 10.1. The van der Waals surface area contributed by atoms with Gasteiger partial charge in [-0.05, 0) is 43.0 Å². The Balaban J connectivity index is 1.48.